The summed E-state index contributed by atoms with van der Waals surface area (Å²) in [5.41, 5.74) is 0. The van der Waals surface area contributed by atoms with E-state index in [4.69, 9.17) is 0 Å². The number of hydrogen-bond acceptors (Lipinski definition) is 2. The fourth-order valence-electron chi connectivity index (χ4n) is 1.09. The lowest BCUT2D eigenvalue weighted by atomic mass is 10.4. The number of aromatic amines is 1. The second kappa shape index (κ2) is 3.21. The van der Waals surface area contributed by atoms with Crippen LogP contribution in [0.2, 0.25) is 0 Å². The molecular weight excluding hydrogens is 152 g/mol. The van der Waals surface area contributed by atoms with Crippen LogP contribution in [0.1, 0.15) is 5.82 Å². The van der Waals surface area contributed by atoms with Crippen molar-refractivity contribution in [2.75, 3.05) is 0 Å². The lowest BCUT2D eigenvalue weighted by Gasteiger charge is -1.97. The first kappa shape index (κ1) is 7.09. The number of nitrogens with zero attached hydrogens (tertiary/aromatic N) is 3. The van der Waals surface area contributed by atoms with Gasteiger partial charge < -0.3 is 4.98 Å². The number of hydrogen-bond donors (Lipinski definition) is 1. The van der Waals surface area contributed by atoms with Gasteiger partial charge in [-0.3, -0.25) is 4.68 Å². The average molecular weight is 162 g/mol. The Balaban J connectivity index is 1.91. The van der Waals surface area contributed by atoms with Gasteiger partial charge in [0.05, 0.1) is 0 Å². The van der Waals surface area contributed by atoms with E-state index in [9.17, 15) is 0 Å². The molecule has 0 atom stereocenters. The van der Waals surface area contributed by atoms with Crippen LogP contribution in [0, 0.1) is 0 Å². The summed E-state index contributed by atoms with van der Waals surface area (Å²) < 4.78 is 1.89. The molecule has 0 saturated heterocycles. The highest BCUT2D eigenvalue weighted by Gasteiger charge is 1.94. The smallest absolute Gasteiger partial charge is 0.107 e. The van der Waals surface area contributed by atoms with Crippen molar-refractivity contribution >= 4 is 0 Å². The fourth-order valence-corrected chi connectivity index (χ4v) is 1.09. The summed E-state index contributed by atoms with van der Waals surface area (Å²) >= 11 is 0. The van der Waals surface area contributed by atoms with E-state index in [1.54, 1.807) is 12.4 Å². The number of rotatable bonds is 3. The predicted molar refractivity (Wildman–Crippen MR) is 44.5 cm³/mol. The van der Waals surface area contributed by atoms with Gasteiger partial charge in [-0.05, 0) is 6.07 Å². The van der Waals surface area contributed by atoms with Crippen LogP contribution in [0.15, 0.2) is 30.9 Å². The van der Waals surface area contributed by atoms with Crippen molar-refractivity contribution in [2.24, 2.45) is 0 Å². The molecule has 0 aliphatic rings. The molecule has 1 N–H and O–H groups in total. The molecule has 0 unspecified atom stereocenters. The van der Waals surface area contributed by atoms with Crippen molar-refractivity contribution in [3.63, 3.8) is 0 Å². The van der Waals surface area contributed by atoms with Crippen LogP contribution in [0.4, 0.5) is 0 Å². The second-order valence-electron chi connectivity index (χ2n) is 2.56. The van der Waals surface area contributed by atoms with Crippen molar-refractivity contribution in [1.29, 1.82) is 0 Å². The topological polar surface area (TPSA) is 46.5 Å². The monoisotopic (exact) mass is 162 g/mol. The van der Waals surface area contributed by atoms with Gasteiger partial charge in [0.1, 0.15) is 5.82 Å². The van der Waals surface area contributed by atoms with Crippen molar-refractivity contribution in [3.8, 4) is 0 Å². The van der Waals surface area contributed by atoms with Gasteiger partial charge in [0.15, 0.2) is 0 Å². The van der Waals surface area contributed by atoms with Crippen LogP contribution >= 0.6 is 0 Å². The summed E-state index contributed by atoms with van der Waals surface area (Å²) in [4.78, 5) is 7.17. The predicted octanol–water partition coefficient (Wildman–Crippen LogP) is 0.849. The molecule has 4 nitrogen and oxygen atoms in total. The molecule has 62 valence electrons. The standard InChI is InChI=1S/C8H10N4/c1-3-11-12(6-1)7-2-8-9-4-5-10-8/h1,3-6H,2,7H2,(H,9,10). The Morgan fingerprint density at radius 3 is 3.08 bits per heavy atom. The molecule has 0 spiro atoms. The number of H-pyrrole nitrogens is 1. The van der Waals surface area contributed by atoms with E-state index in [-0.39, 0.29) is 0 Å². The van der Waals surface area contributed by atoms with E-state index in [2.05, 4.69) is 15.1 Å². The molecule has 0 fully saturated rings. The maximum atomic E-state index is 4.12. The molecule has 0 radical (unpaired) electrons. The van der Waals surface area contributed by atoms with Gasteiger partial charge in [0.2, 0.25) is 0 Å². The normalized spacial score (nSPS) is 10.3. The Kier molecular flexibility index (Phi) is 1.90. The molecule has 2 rings (SSSR count). The number of imidazole rings is 1. The summed E-state index contributed by atoms with van der Waals surface area (Å²) in [5.74, 6) is 1.01. The van der Waals surface area contributed by atoms with Crippen molar-refractivity contribution in [1.82, 2.24) is 19.7 Å². The number of aromatic nitrogens is 4. The zero-order valence-electron chi connectivity index (χ0n) is 6.64. The third-order valence-electron chi connectivity index (χ3n) is 1.69. The van der Waals surface area contributed by atoms with E-state index in [1.807, 2.05) is 23.1 Å². The first-order chi connectivity index (χ1) is 5.95. The quantitative estimate of drug-likeness (QED) is 0.727. The summed E-state index contributed by atoms with van der Waals surface area (Å²) in [5, 5.41) is 4.09. The molecule has 0 aliphatic carbocycles. The van der Waals surface area contributed by atoms with Gasteiger partial charge in [-0.25, -0.2) is 4.98 Å². The third kappa shape index (κ3) is 1.53. The van der Waals surface area contributed by atoms with Crippen LogP contribution < -0.4 is 0 Å². The molecule has 0 aliphatic heterocycles. The summed E-state index contributed by atoms with van der Waals surface area (Å²) in [6.07, 6.45) is 8.22. The van der Waals surface area contributed by atoms with E-state index in [1.165, 1.54) is 0 Å². The Hall–Kier alpha value is -1.58. The van der Waals surface area contributed by atoms with Crippen LogP contribution in [0.25, 0.3) is 0 Å². The maximum absolute atomic E-state index is 4.12. The first-order valence-corrected chi connectivity index (χ1v) is 3.91. The van der Waals surface area contributed by atoms with Crippen LogP contribution in [-0.2, 0) is 13.0 Å². The Morgan fingerprint density at radius 1 is 1.42 bits per heavy atom. The van der Waals surface area contributed by atoms with Gasteiger partial charge in [0, 0.05) is 37.8 Å². The molecule has 2 heterocycles. The Morgan fingerprint density at radius 2 is 2.42 bits per heavy atom. The third-order valence-corrected chi connectivity index (χ3v) is 1.69. The number of nitrogens with one attached hydrogen (secondary N) is 1. The molecule has 0 saturated carbocycles. The molecule has 0 bridgehead atoms. The van der Waals surface area contributed by atoms with Crippen molar-refractivity contribution in [2.45, 2.75) is 13.0 Å². The Labute approximate surface area is 70.3 Å². The zero-order chi connectivity index (χ0) is 8.23. The Bertz CT molecular complexity index is 274. The fraction of sp³-hybridized carbons (Fsp3) is 0.250. The van der Waals surface area contributed by atoms with Crippen LogP contribution in [-0.4, -0.2) is 19.7 Å². The molecule has 4 heteroatoms. The second-order valence-corrected chi connectivity index (χ2v) is 2.56. The molecule has 2 aromatic rings. The molecule has 12 heavy (non-hydrogen) atoms. The SMILES string of the molecule is c1cnn(CCc2ncc[nH]2)c1. The lowest BCUT2D eigenvalue weighted by Crippen LogP contribution is -2.02. The molecular formula is C8H10N4. The van der Waals surface area contributed by atoms with E-state index in [0.29, 0.717) is 0 Å². The average Bonchev–Trinajstić information content (AvgIpc) is 2.74. The van der Waals surface area contributed by atoms with Gasteiger partial charge in [-0.15, -0.1) is 0 Å². The van der Waals surface area contributed by atoms with E-state index >= 15 is 0 Å². The highest BCUT2D eigenvalue weighted by molar-refractivity contribution is 4.87. The largest absolute Gasteiger partial charge is 0.349 e. The van der Waals surface area contributed by atoms with Crippen molar-refractivity contribution < 1.29 is 0 Å². The van der Waals surface area contributed by atoms with Crippen LogP contribution in [0.3, 0.4) is 0 Å². The number of aryl methyl sites for hydroxylation is 2. The minimum absolute atomic E-state index is 0.876. The van der Waals surface area contributed by atoms with E-state index < -0.39 is 0 Å². The van der Waals surface area contributed by atoms with Gasteiger partial charge in [-0.2, -0.15) is 5.10 Å². The summed E-state index contributed by atoms with van der Waals surface area (Å²) in [6.45, 7) is 0.876. The molecule has 0 amide bonds. The maximum Gasteiger partial charge on any atom is 0.107 e. The van der Waals surface area contributed by atoms with E-state index in [0.717, 1.165) is 18.8 Å². The highest BCUT2D eigenvalue weighted by Crippen LogP contribution is 1.93. The lowest BCUT2D eigenvalue weighted by molar-refractivity contribution is 0.603. The first-order valence-electron chi connectivity index (χ1n) is 3.91. The minimum Gasteiger partial charge on any atom is -0.349 e. The molecule has 0 aromatic carbocycles. The highest BCUT2D eigenvalue weighted by atomic mass is 15.3. The van der Waals surface area contributed by atoms with Crippen LogP contribution in [0.5, 0.6) is 0 Å². The zero-order valence-corrected chi connectivity index (χ0v) is 6.64. The van der Waals surface area contributed by atoms with Crippen molar-refractivity contribution in [3.05, 3.63) is 36.7 Å². The van der Waals surface area contributed by atoms with Gasteiger partial charge in [-0.1, -0.05) is 0 Å². The summed E-state index contributed by atoms with van der Waals surface area (Å²) in [6, 6.07) is 1.92. The van der Waals surface area contributed by atoms with Gasteiger partial charge in [0.25, 0.3) is 0 Å². The summed E-state index contributed by atoms with van der Waals surface area (Å²) in [7, 11) is 0. The minimum atomic E-state index is 0.876. The molecule has 2 aromatic heterocycles. The van der Waals surface area contributed by atoms with Gasteiger partial charge >= 0.3 is 0 Å².